The van der Waals surface area contributed by atoms with Gasteiger partial charge in [0.2, 0.25) is 0 Å². The molecule has 0 aromatic carbocycles. The molecule has 0 saturated carbocycles. The minimum Gasteiger partial charge on any atom is -0.364 e. The van der Waals surface area contributed by atoms with Crippen molar-refractivity contribution in [2.75, 3.05) is 19.6 Å². The third kappa shape index (κ3) is 3.92. The molecule has 1 heterocycles. The molecule has 3 N–H and O–H groups in total. The maximum atomic E-state index is 12.4. The number of amides is 1. The quantitative estimate of drug-likeness (QED) is 0.837. The van der Waals surface area contributed by atoms with Crippen molar-refractivity contribution in [2.24, 2.45) is 11.1 Å². The molecule has 0 unspecified atom stereocenters. The maximum Gasteiger partial charge on any atom is 0.259 e. The van der Waals surface area contributed by atoms with Crippen molar-refractivity contribution in [1.29, 1.82) is 0 Å². The van der Waals surface area contributed by atoms with Gasteiger partial charge in [0.25, 0.3) is 5.91 Å². The number of hydrogen-bond acceptors (Lipinski definition) is 3. The number of nitrogens with two attached hydrogens (primary N) is 1. The summed E-state index contributed by atoms with van der Waals surface area (Å²) in [7, 11) is 0. The van der Waals surface area contributed by atoms with Gasteiger partial charge in [-0.25, -0.2) is 0 Å². The summed E-state index contributed by atoms with van der Waals surface area (Å²) in [5.74, 6) is -0.245. The van der Waals surface area contributed by atoms with E-state index in [2.05, 4.69) is 4.98 Å². The van der Waals surface area contributed by atoms with Gasteiger partial charge in [-0.15, -0.1) is 0 Å². The summed E-state index contributed by atoms with van der Waals surface area (Å²) in [6, 6.07) is 1.44. The molecule has 0 spiro atoms. The van der Waals surface area contributed by atoms with Gasteiger partial charge in [0.05, 0.1) is 0 Å². The number of aryl methyl sites for hydroxylation is 1. The lowest BCUT2D eigenvalue weighted by Gasteiger charge is -2.31. The molecular formula is C14H23N3O2. The average Bonchev–Trinajstić information content (AvgIpc) is 2.35. The summed E-state index contributed by atoms with van der Waals surface area (Å²) in [6.07, 6.45) is 1.48. The molecule has 5 nitrogen and oxygen atoms in total. The number of pyridine rings is 1. The zero-order valence-electron chi connectivity index (χ0n) is 12.1. The van der Waals surface area contributed by atoms with Crippen molar-refractivity contribution in [1.82, 2.24) is 9.88 Å². The van der Waals surface area contributed by atoms with Crippen LogP contribution in [-0.2, 0) is 0 Å². The van der Waals surface area contributed by atoms with Crippen LogP contribution in [0.4, 0.5) is 0 Å². The first-order chi connectivity index (χ1) is 8.80. The van der Waals surface area contributed by atoms with Crippen LogP contribution in [0.25, 0.3) is 0 Å². The summed E-state index contributed by atoms with van der Waals surface area (Å²) < 4.78 is 0. The van der Waals surface area contributed by atoms with Gasteiger partial charge in [-0.3, -0.25) is 9.59 Å². The second kappa shape index (κ2) is 6.02. The number of aromatic amines is 1. The molecule has 0 bridgehead atoms. The monoisotopic (exact) mass is 265 g/mol. The number of aromatic nitrogens is 1. The lowest BCUT2D eigenvalue weighted by molar-refractivity contribution is 0.0699. The molecule has 5 heteroatoms. The van der Waals surface area contributed by atoms with Crippen molar-refractivity contribution in [3.8, 4) is 0 Å². The van der Waals surface area contributed by atoms with Crippen LogP contribution in [0, 0.1) is 12.3 Å². The molecule has 0 saturated heterocycles. The molecule has 0 radical (unpaired) electrons. The summed E-state index contributed by atoms with van der Waals surface area (Å²) >= 11 is 0. The highest BCUT2D eigenvalue weighted by Gasteiger charge is 2.24. The summed E-state index contributed by atoms with van der Waals surface area (Å²) in [4.78, 5) is 28.8. The Morgan fingerprint density at radius 3 is 2.58 bits per heavy atom. The average molecular weight is 265 g/mol. The van der Waals surface area contributed by atoms with Gasteiger partial charge in [-0.1, -0.05) is 13.8 Å². The van der Waals surface area contributed by atoms with Crippen molar-refractivity contribution in [2.45, 2.75) is 27.7 Å². The van der Waals surface area contributed by atoms with Crippen molar-refractivity contribution in [3.05, 3.63) is 33.7 Å². The highest BCUT2D eigenvalue weighted by Crippen LogP contribution is 2.16. The lowest BCUT2D eigenvalue weighted by Crippen LogP contribution is -2.43. The third-order valence-electron chi connectivity index (χ3n) is 3.13. The van der Waals surface area contributed by atoms with Crippen molar-refractivity contribution in [3.63, 3.8) is 0 Å². The van der Waals surface area contributed by atoms with E-state index in [4.69, 9.17) is 5.73 Å². The van der Waals surface area contributed by atoms with E-state index in [9.17, 15) is 9.59 Å². The Hall–Kier alpha value is -1.62. The predicted molar refractivity (Wildman–Crippen MR) is 76.2 cm³/mol. The van der Waals surface area contributed by atoms with Crippen LogP contribution in [0.2, 0.25) is 0 Å². The predicted octanol–water partition coefficient (Wildman–Crippen LogP) is 1.13. The smallest absolute Gasteiger partial charge is 0.259 e. The van der Waals surface area contributed by atoms with E-state index in [1.165, 1.54) is 12.3 Å². The zero-order valence-corrected chi connectivity index (χ0v) is 12.1. The molecule has 1 amide bonds. The Morgan fingerprint density at radius 2 is 2.11 bits per heavy atom. The number of carbonyl (C=O) groups is 1. The second-order valence-electron chi connectivity index (χ2n) is 5.58. The van der Waals surface area contributed by atoms with Crippen LogP contribution in [0.3, 0.4) is 0 Å². The standard InChI is InChI=1S/C14H23N3O2/c1-5-17(9-14(3,4)8-15)13(19)11-7-16-10(2)6-12(11)18/h6-7H,5,8-9,15H2,1-4H3,(H,16,18). The molecule has 1 aromatic heterocycles. The highest BCUT2D eigenvalue weighted by molar-refractivity contribution is 5.93. The van der Waals surface area contributed by atoms with Crippen LogP contribution >= 0.6 is 0 Å². The molecule has 106 valence electrons. The molecule has 1 rings (SSSR count). The lowest BCUT2D eigenvalue weighted by atomic mass is 9.93. The summed E-state index contributed by atoms with van der Waals surface area (Å²) in [5.41, 5.74) is 6.21. The van der Waals surface area contributed by atoms with Gasteiger partial charge < -0.3 is 15.6 Å². The van der Waals surface area contributed by atoms with Crippen LogP contribution in [0.1, 0.15) is 36.8 Å². The van der Waals surface area contributed by atoms with Gasteiger partial charge in [0.15, 0.2) is 5.43 Å². The topological polar surface area (TPSA) is 79.2 Å². The number of hydrogen-bond donors (Lipinski definition) is 2. The van der Waals surface area contributed by atoms with E-state index in [1.54, 1.807) is 11.8 Å². The van der Waals surface area contributed by atoms with Gasteiger partial charge >= 0.3 is 0 Å². The van der Waals surface area contributed by atoms with Gasteiger partial charge in [0, 0.05) is 31.0 Å². The number of rotatable bonds is 5. The summed E-state index contributed by atoms with van der Waals surface area (Å²) in [5, 5.41) is 0. The van der Waals surface area contributed by atoms with Crippen LogP contribution in [0.5, 0.6) is 0 Å². The Morgan fingerprint density at radius 1 is 1.47 bits per heavy atom. The first kappa shape index (κ1) is 15.4. The number of nitrogens with one attached hydrogen (secondary N) is 1. The van der Waals surface area contributed by atoms with Crippen molar-refractivity contribution >= 4 is 5.91 Å². The second-order valence-corrected chi connectivity index (χ2v) is 5.58. The van der Waals surface area contributed by atoms with Crippen LogP contribution in [0.15, 0.2) is 17.1 Å². The van der Waals surface area contributed by atoms with E-state index in [-0.39, 0.29) is 22.3 Å². The molecule has 0 atom stereocenters. The van der Waals surface area contributed by atoms with Gasteiger partial charge in [0.1, 0.15) is 5.56 Å². The van der Waals surface area contributed by atoms with Crippen LogP contribution < -0.4 is 11.2 Å². The SMILES string of the molecule is CCN(CC(C)(C)CN)C(=O)c1c[nH]c(C)cc1=O. The van der Waals surface area contributed by atoms with Gasteiger partial charge in [-0.05, 0) is 25.8 Å². The number of carbonyl (C=O) groups excluding carboxylic acids is 1. The Labute approximate surface area is 113 Å². The van der Waals surface area contributed by atoms with E-state index in [0.717, 1.165) is 5.69 Å². The molecule has 0 aliphatic heterocycles. The highest BCUT2D eigenvalue weighted by atomic mass is 16.2. The maximum absolute atomic E-state index is 12.4. The molecular weight excluding hydrogens is 242 g/mol. The normalized spacial score (nSPS) is 11.4. The first-order valence-electron chi connectivity index (χ1n) is 6.49. The molecule has 19 heavy (non-hydrogen) atoms. The van der Waals surface area contributed by atoms with Crippen LogP contribution in [-0.4, -0.2) is 35.4 Å². The molecule has 0 fully saturated rings. The Bertz CT molecular complexity index is 506. The zero-order chi connectivity index (χ0) is 14.6. The number of H-pyrrole nitrogens is 1. The molecule has 1 aromatic rings. The molecule has 0 aliphatic rings. The van der Waals surface area contributed by atoms with Crippen molar-refractivity contribution < 1.29 is 4.79 Å². The molecule has 0 aliphatic carbocycles. The first-order valence-corrected chi connectivity index (χ1v) is 6.49. The van der Waals surface area contributed by atoms with E-state index >= 15 is 0 Å². The van der Waals surface area contributed by atoms with E-state index < -0.39 is 0 Å². The van der Waals surface area contributed by atoms with Gasteiger partial charge in [-0.2, -0.15) is 0 Å². The third-order valence-corrected chi connectivity index (χ3v) is 3.13. The Kier molecular flexibility index (Phi) is 4.89. The minimum atomic E-state index is -0.245. The minimum absolute atomic E-state index is 0.164. The largest absolute Gasteiger partial charge is 0.364 e. The fourth-order valence-electron chi connectivity index (χ4n) is 1.82. The fourth-order valence-corrected chi connectivity index (χ4v) is 1.82. The fraction of sp³-hybridized carbons (Fsp3) is 0.571. The Balaban J connectivity index is 2.99. The summed E-state index contributed by atoms with van der Waals surface area (Å²) in [6.45, 7) is 9.26. The van der Waals surface area contributed by atoms with E-state index in [1.807, 2.05) is 20.8 Å². The number of nitrogens with zero attached hydrogens (tertiary/aromatic N) is 1. The van der Waals surface area contributed by atoms with E-state index in [0.29, 0.717) is 19.6 Å².